The summed E-state index contributed by atoms with van der Waals surface area (Å²) >= 11 is 1.24. The summed E-state index contributed by atoms with van der Waals surface area (Å²) < 4.78 is 1.68. The Morgan fingerprint density at radius 1 is 1.50 bits per heavy atom. The van der Waals surface area contributed by atoms with Crippen molar-refractivity contribution in [2.24, 2.45) is 0 Å². The van der Waals surface area contributed by atoms with E-state index in [2.05, 4.69) is 16.7 Å². The molecule has 0 saturated heterocycles. The predicted octanol–water partition coefficient (Wildman–Crippen LogP) is 0.953. The number of hydrogen-bond acceptors (Lipinski definition) is 4. The zero-order chi connectivity index (χ0) is 14.5. The monoisotopic (exact) mass is 295 g/mol. The number of rotatable bonds is 5. The van der Waals surface area contributed by atoms with E-state index >= 15 is 0 Å². The van der Waals surface area contributed by atoms with Crippen LogP contribution < -0.4 is 15.5 Å². The van der Waals surface area contributed by atoms with E-state index in [1.165, 1.54) is 16.9 Å². The molecular formula is C14H21N3O2S. The van der Waals surface area contributed by atoms with Crippen LogP contribution in [-0.4, -0.2) is 30.1 Å². The van der Waals surface area contributed by atoms with Gasteiger partial charge in [0, 0.05) is 36.6 Å². The number of aromatic nitrogens is 1. The second-order valence-corrected chi connectivity index (χ2v) is 6.17. The van der Waals surface area contributed by atoms with Gasteiger partial charge in [0.1, 0.15) is 0 Å². The second kappa shape index (κ2) is 6.85. The van der Waals surface area contributed by atoms with Gasteiger partial charge in [0.15, 0.2) is 0 Å². The summed E-state index contributed by atoms with van der Waals surface area (Å²) in [5, 5.41) is 6.16. The van der Waals surface area contributed by atoms with Gasteiger partial charge in [0.2, 0.25) is 5.91 Å². The lowest BCUT2D eigenvalue weighted by Crippen LogP contribution is -2.30. The number of amides is 1. The zero-order valence-corrected chi connectivity index (χ0v) is 12.8. The van der Waals surface area contributed by atoms with Crippen molar-refractivity contribution in [2.45, 2.75) is 33.2 Å². The number of carbonyl (C=O) groups is 1. The first-order chi connectivity index (χ1) is 9.58. The molecule has 0 aliphatic carbocycles. The van der Waals surface area contributed by atoms with E-state index < -0.39 is 0 Å². The molecule has 2 rings (SSSR count). The smallest absolute Gasteiger partial charge is 0.307 e. The summed E-state index contributed by atoms with van der Waals surface area (Å²) in [5.74, 6) is -0.000384. The Labute approximate surface area is 122 Å². The fourth-order valence-corrected chi connectivity index (χ4v) is 3.05. The van der Waals surface area contributed by atoms with Crippen LogP contribution in [0.15, 0.2) is 16.4 Å². The molecule has 0 bridgehead atoms. The van der Waals surface area contributed by atoms with Crippen molar-refractivity contribution in [3.63, 3.8) is 0 Å². The van der Waals surface area contributed by atoms with Crippen LogP contribution >= 0.6 is 11.3 Å². The molecular weight excluding hydrogens is 274 g/mol. The van der Waals surface area contributed by atoms with Gasteiger partial charge in [0.05, 0.1) is 0 Å². The third kappa shape index (κ3) is 3.80. The highest BCUT2D eigenvalue weighted by molar-refractivity contribution is 7.09. The molecule has 0 aromatic carbocycles. The molecule has 1 aromatic heterocycles. The van der Waals surface area contributed by atoms with Crippen LogP contribution in [0, 0.1) is 13.8 Å². The van der Waals surface area contributed by atoms with E-state index in [-0.39, 0.29) is 10.8 Å². The minimum absolute atomic E-state index is 0.000384. The van der Waals surface area contributed by atoms with Crippen molar-refractivity contribution < 1.29 is 4.79 Å². The van der Waals surface area contributed by atoms with Crippen LogP contribution in [0.3, 0.4) is 0 Å². The maximum atomic E-state index is 11.8. The first kappa shape index (κ1) is 15.0. The minimum atomic E-state index is -0.000384. The Kier molecular flexibility index (Phi) is 5.14. The largest absolute Gasteiger partial charge is 0.352 e. The van der Waals surface area contributed by atoms with Gasteiger partial charge in [-0.1, -0.05) is 23.0 Å². The van der Waals surface area contributed by atoms with Crippen LogP contribution in [0.5, 0.6) is 0 Å². The highest BCUT2D eigenvalue weighted by atomic mass is 32.1. The number of carbonyl (C=O) groups excluding carboxylic acids is 1. The summed E-state index contributed by atoms with van der Waals surface area (Å²) in [4.78, 5) is 24.6. The predicted molar refractivity (Wildman–Crippen MR) is 81.2 cm³/mol. The highest BCUT2D eigenvalue weighted by Gasteiger charge is 2.10. The lowest BCUT2D eigenvalue weighted by atomic mass is 10.1. The van der Waals surface area contributed by atoms with Gasteiger partial charge in [-0.25, -0.2) is 0 Å². The average Bonchev–Trinajstić information content (AvgIpc) is 2.69. The number of aryl methyl sites for hydroxylation is 1. The third-order valence-corrected chi connectivity index (χ3v) is 4.60. The van der Waals surface area contributed by atoms with Crippen molar-refractivity contribution in [1.29, 1.82) is 0 Å². The number of nitrogens with one attached hydrogen (secondary N) is 2. The molecule has 6 heteroatoms. The maximum absolute atomic E-state index is 11.8. The van der Waals surface area contributed by atoms with Crippen molar-refractivity contribution in [3.05, 3.63) is 31.9 Å². The van der Waals surface area contributed by atoms with E-state index in [1.807, 2.05) is 13.8 Å². The standard InChI is InChI=1S/C14H21N3O2S/c1-10-11(2)20-14(19)17(10)8-5-13(18)16-9-12-3-6-15-7-4-12/h3,15H,4-9H2,1-2H3,(H,16,18). The van der Waals surface area contributed by atoms with Gasteiger partial charge in [-0.15, -0.1) is 0 Å². The summed E-state index contributed by atoms with van der Waals surface area (Å²) in [7, 11) is 0. The van der Waals surface area contributed by atoms with E-state index in [1.54, 1.807) is 4.57 Å². The van der Waals surface area contributed by atoms with Gasteiger partial charge in [-0.2, -0.15) is 0 Å². The van der Waals surface area contributed by atoms with Crippen molar-refractivity contribution in [2.75, 3.05) is 19.6 Å². The van der Waals surface area contributed by atoms with Gasteiger partial charge in [-0.3, -0.25) is 9.59 Å². The number of hydrogen-bond donors (Lipinski definition) is 2. The Balaban J connectivity index is 1.80. The molecule has 1 aliphatic rings. The summed E-state index contributed by atoms with van der Waals surface area (Å²) in [6.07, 6.45) is 3.46. The van der Waals surface area contributed by atoms with Crippen LogP contribution in [0.25, 0.3) is 0 Å². The molecule has 20 heavy (non-hydrogen) atoms. The molecule has 1 aliphatic heterocycles. The van der Waals surface area contributed by atoms with E-state index in [9.17, 15) is 9.59 Å². The molecule has 1 amide bonds. The lowest BCUT2D eigenvalue weighted by molar-refractivity contribution is -0.121. The topological polar surface area (TPSA) is 63.1 Å². The molecule has 0 unspecified atom stereocenters. The fraction of sp³-hybridized carbons (Fsp3) is 0.571. The first-order valence-corrected chi connectivity index (χ1v) is 7.71. The minimum Gasteiger partial charge on any atom is -0.352 e. The van der Waals surface area contributed by atoms with Gasteiger partial charge < -0.3 is 15.2 Å². The molecule has 0 saturated carbocycles. The molecule has 0 atom stereocenters. The van der Waals surface area contributed by atoms with Gasteiger partial charge in [-0.05, 0) is 26.8 Å². The molecule has 2 N–H and O–H groups in total. The molecule has 0 spiro atoms. The highest BCUT2D eigenvalue weighted by Crippen LogP contribution is 2.09. The van der Waals surface area contributed by atoms with Crippen molar-refractivity contribution >= 4 is 17.2 Å². The summed E-state index contributed by atoms with van der Waals surface area (Å²) in [5.41, 5.74) is 2.24. The van der Waals surface area contributed by atoms with Crippen LogP contribution in [0.1, 0.15) is 23.4 Å². The Morgan fingerprint density at radius 3 is 2.90 bits per heavy atom. The first-order valence-electron chi connectivity index (χ1n) is 6.90. The Morgan fingerprint density at radius 2 is 2.30 bits per heavy atom. The molecule has 0 radical (unpaired) electrons. The summed E-state index contributed by atoms with van der Waals surface area (Å²) in [6.45, 7) is 6.80. The van der Waals surface area contributed by atoms with Gasteiger partial charge >= 0.3 is 4.87 Å². The molecule has 1 aromatic rings. The zero-order valence-electron chi connectivity index (χ0n) is 12.0. The average molecular weight is 295 g/mol. The normalized spacial score (nSPS) is 15.0. The third-order valence-electron chi connectivity index (χ3n) is 3.61. The van der Waals surface area contributed by atoms with Gasteiger partial charge in [0.25, 0.3) is 0 Å². The lowest BCUT2D eigenvalue weighted by Gasteiger charge is -2.14. The molecule has 110 valence electrons. The molecule has 5 nitrogen and oxygen atoms in total. The molecule has 2 heterocycles. The van der Waals surface area contributed by atoms with Crippen molar-refractivity contribution in [3.8, 4) is 0 Å². The number of nitrogens with zero attached hydrogens (tertiary/aromatic N) is 1. The van der Waals surface area contributed by atoms with E-state index in [0.717, 1.165) is 30.1 Å². The maximum Gasteiger partial charge on any atom is 0.307 e. The van der Waals surface area contributed by atoms with Crippen LogP contribution in [0.4, 0.5) is 0 Å². The fourth-order valence-electron chi connectivity index (χ4n) is 2.19. The number of thiazole rings is 1. The Hall–Kier alpha value is -1.40. The summed E-state index contributed by atoms with van der Waals surface area (Å²) in [6, 6.07) is 0. The quantitative estimate of drug-likeness (QED) is 0.795. The van der Waals surface area contributed by atoms with Crippen LogP contribution in [-0.2, 0) is 11.3 Å². The van der Waals surface area contributed by atoms with E-state index in [4.69, 9.17) is 0 Å². The molecule has 0 fully saturated rings. The Bertz CT molecular complexity index is 571. The van der Waals surface area contributed by atoms with Crippen LogP contribution in [0.2, 0.25) is 0 Å². The van der Waals surface area contributed by atoms with E-state index in [0.29, 0.717) is 19.5 Å². The second-order valence-electron chi connectivity index (χ2n) is 5.00. The SMILES string of the molecule is Cc1sc(=O)n(CCC(=O)NCC2=CCNCC2)c1C. The van der Waals surface area contributed by atoms with Crippen molar-refractivity contribution in [1.82, 2.24) is 15.2 Å².